The second kappa shape index (κ2) is 4.45. The largest absolute Gasteiger partial charge is 0.390 e. The molecule has 2 N–H and O–H groups in total. The summed E-state index contributed by atoms with van der Waals surface area (Å²) in [5.41, 5.74) is 4.03. The van der Waals surface area contributed by atoms with Crippen molar-refractivity contribution in [2.75, 3.05) is 0 Å². The minimum atomic E-state index is -0.0185. The Morgan fingerprint density at radius 2 is 2.31 bits per heavy atom. The Hall–Kier alpha value is -1.68. The number of hydrogen-bond donors (Lipinski definition) is 2. The zero-order valence-corrected chi connectivity index (χ0v) is 9.44. The van der Waals surface area contributed by atoms with Crippen molar-refractivity contribution in [2.24, 2.45) is 0 Å². The van der Waals surface area contributed by atoms with E-state index < -0.39 is 0 Å². The van der Waals surface area contributed by atoms with Gasteiger partial charge in [-0.2, -0.15) is 0 Å². The van der Waals surface area contributed by atoms with Crippen molar-refractivity contribution >= 4 is 0 Å². The lowest BCUT2D eigenvalue weighted by Gasteiger charge is -2.14. The molecule has 0 aliphatic rings. The van der Waals surface area contributed by atoms with Gasteiger partial charge in [-0.05, 0) is 24.1 Å². The molecule has 0 bridgehead atoms. The van der Waals surface area contributed by atoms with Crippen LogP contribution in [0.5, 0.6) is 0 Å². The standard InChI is InChI=1S/C12H15N3O/c1-8(11-5-13-7-15-11)10-3-4-14-12(6-16)9(10)2/h3-5,7-8,16H,6H2,1-2H3,(H,13,15). The second-order valence-electron chi connectivity index (χ2n) is 3.86. The number of aliphatic hydroxyl groups is 1. The molecule has 0 amide bonds. The van der Waals surface area contributed by atoms with E-state index in [4.69, 9.17) is 0 Å². The predicted octanol–water partition coefficient (Wildman–Crippen LogP) is 1.76. The Kier molecular flexibility index (Phi) is 3.01. The molecule has 0 aliphatic carbocycles. The van der Waals surface area contributed by atoms with Gasteiger partial charge < -0.3 is 10.1 Å². The summed E-state index contributed by atoms with van der Waals surface area (Å²) in [6, 6.07) is 1.99. The summed E-state index contributed by atoms with van der Waals surface area (Å²) in [6.45, 7) is 4.08. The summed E-state index contributed by atoms with van der Waals surface area (Å²) < 4.78 is 0. The van der Waals surface area contributed by atoms with Crippen LogP contribution in [0.2, 0.25) is 0 Å². The molecule has 2 heterocycles. The number of aromatic amines is 1. The molecule has 2 aromatic heterocycles. The lowest BCUT2D eigenvalue weighted by Crippen LogP contribution is -2.03. The molecule has 0 fully saturated rings. The Bertz CT molecular complexity index is 465. The van der Waals surface area contributed by atoms with Crippen LogP contribution in [0.15, 0.2) is 24.8 Å². The number of imidazole rings is 1. The van der Waals surface area contributed by atoms with Gasteiger partial charge in [-0.1, -0.05) is 6.92 Å². The van der Waals surface area contributed by atoms with Crippen molar-refractivity contribution in [3.8, 4) is 0 Å². The fourth-order valence-electron chi connectivity index (χ4n) is 1.90. The van der Waals surface area contributed by atoms with Crippen LogP contribution in [0.1, 0.15) is 35.4 Å². The third-order valence-electron chi connectivity index (χ3n) is 2.95. The first-order chi connectivity index (χ1) is 7.74. The van der Waals surface area contributed by atoms with Crippen LogP contribution in [-0.2, 0) is 6.61 Å². The van der Waals surface area contributed by atoms with Gasteiger partial charge in [0.15, 0.2) is 0 Å². The molecule has 0 aliphatic heterocycles. The van der Waals surface area contributed by atoms with Crippen LogP contribution >= 0.6 is 0 Å². The van der Waals surface area contributed by atoms with E-state index >= 15 is 0 Å². The van der Waals surface area contributed by atoms with Gasteiger partial charge in [-0.15, -0.1) is 0 Å². The Labute approximate surface area is 94.4 Å². The molecule has 0 saturated carbocycles. The van der Waals surface area contributed by atoms with Gasteiger partial charge in [0.05, 0.1) is 18.6 Å². The van der Waals surface area contributed by atoms with E-state index in [0.29, 0.717) is 0 Å². The summed E-state index contributed by atoms with van der Waals surface area (Å²) in [5.74, 6) is 0.232. The average molecular weight is 217 g/mol. The van der Waals surface area contributed by atoms with E-state index in [1.807, 2.05) is 19.2 Å². The van der Waals surface area contributed by atoms with Gasteiger partial charge in [0.1, 0.15) is 0 Å². The van der Waals surface area contributed by atoms with Crippen molar-refractivity contribution < 1.29 is 5.11 Å². The molecule has 16 heavy (non-hydrogen) atoms. The van der Waals surface area contributed by atoms with Crippen LogP contribution in [0.4, 0.5) is 0 Å². The van der Waals surface area contributed by atoms with Crippen LogP contribution in [-0.4, -0.2) is 20.1 Å². The van der Waals surface area contributed by atoms with Gasteiger partial charge in [-0.3, -0.25) is 4.98 Å². The third-order valence-corrected chi connectivity index (χ3v) is 2.95. The number of aliphatic hydroxyl groups excluding tert-OH is 1. The average Bonchev–Trinajstić information content (AvgIpc) is 2.82. The Morgan fingerprint density at radius 3 is 2.94 bits per heavy atom. The molecule has 0 saturated heterocycles. The van der Waals surface area contributed by atoms with Crippen molar-refractivity contribution in [3.63, 3.8) is 0 Å². The van der Waals surface area contributed by atoms with Gasteiger partial charge in [0.25, 0.3) is 0 Å². The van der Waals surface area contributed by atoms with Crippen molar-refractivity contribution in [3.05, 3.63) is 47.3 Å². The molecule has 1 atom stereocenters. The zero-order chi connectivity index (χ0) is 11.5. The first-order valence-electron chi connectivity index (χ1n) is 5.27. The lowest BCUT2D eigenvalue weighted by molar-refractivity contribution is 0.275. The normalized spacial score (nSPS) is 12.7. The molecular formula is C12H15N3O. The molecule has 2 rings (SSSR count). The summed E-state index contributed by atoms with van der Waals surface area (Å²) in [6.07, 6.45) is 5.24. The molecule has 0 aromatic carbocycles. The van der Waals surface area contributed by atoms with Gasteiger partial charge >= 0.3 is 0 Å². The van der Waals surface area contributed by atoms with E-state index in [0.717, 1.165) is 17.0 Å². The highest BCUT2D eigenvalue weighted by atomic mass is 16.3. The fourth-order valence-corrected chi connectivity index (χ4v) is 1.90. The fraction of sp³-hybridized carbons (Fsp3) is 0.333. The summed E-state index contributed by atoms with van der Waals surface area (Å²) in [4.78, 5) is 11.3. The topological polar surface area (TPSA) is 61.8 Å². The summed E-state index contributed by atoms with van der Waals surface area (Å²) in [5, 5.41) is 9.17. The van der Waals surface area contributed by atoms with Crippen molar-refractivity contribution in [2.45, 2.75) is 26.4 Å². The van der Waals surface area contributed by atoms with Gasteiger partial charge in [0.2, 0.25) is 0 Å². The maximum atomic E-state index is 9.17. The lowest BCUT2D eigenvalue weighted by atomic mass is 9.94. The minimum absolute atomic E-state index is 0.0185. The molecule has 4 nitrogen and oxygen atoms in total. The highest BCUT2D eigenvalue weighted by molar-refractivity contribution is 5.35. The van der Waals surface area contributed by atoms with E-state index in [2.05, 4.69) is 21.9 Å². The van der Waals surface area contributed by atoms with Gasteiger partial charge in [0, 0.05) is 24.0 Å². The number of nitrogens with zero attached hydrogens (tertiary/aromatic N) is 2. The SMILES string of the molecule is Cc1c(C(C)c2cnc[nH]2)ccnc1CO. The van der Waals surface area contributed by atoms with Crippen molar-refractivity contribution in [1.29, 1.82) is 0 Å². The molecule has 1 unspecified atom stereocenters. The first-order valence-corrected chi connectivity index (χ1v) is 5.27. The summed E-state index contributed by atoms with van der Waals surface area (Å²) in [7, 11) is 0. The van der Waals surface area contributed by atoms with E-state index in [1.165, 1.54) is 5.56 Å². The molecule has 2 aromatic rings. The highest BCUT2D eigenvalue weighted by Crippen LogP contribution is 2.25. The van der Waals surface area contributed by atoms with E-state index in [1.54, 1.807) is 12.5 Å². The van der Waals surface area contributed by atoms with Crippen LogP contribution in [0.3, 0.4) is 0 Å². The number of rotatable bonds is 3. The predicted molar refractivity (Wildman–Crippen MR) is 61.0 cm³/mol. The monoisotopic (exact) mass is 217 g/mol. The number of nitrogens with one attached hydrogen (secondary N) is 1. The molecule has 0 radical (unpaired) electrons. The quantitative estimate of drug-likeness (QED) is 0.823. The summed E-state index contributed by atoms with van der Waals surface area (Å²) >= 11 is 0. The van der Waals surface area contributed by atoms with Crippen LogP contribution in [0, 0.1) is 6.92 Å². The maximum Gasteiger partial charge on any atom is 0.0921 e. The Morgan fingerprint density at radius 1 is 1.50 bits per heavy atom. The molecule has 84 valence electrons. The minimum Gasteiger partial charge on any atom is -0.390 e. The number of H-pyrrole nitrogens is 1. The van der Waals surface area contributed by atoms with E-state index in [9.17, 15) is 5.11 Å². The number of aromatic nitrogens is 3. The number of hydrogen-bond acceptors (Lipinski definition) is 3. The second-order valence-corrected chi connectivity index (χ2v) is 3.86. The smallest absolute Gasteiger partial charge is 0.0921 e. The number of pyridine rings is 1. The highest BCUT2D eigenvalue weighted by Gasteiger charge is 2.14. The first kappa shape index (κ1) is 10.8. The molecule has 0 spiro atoms. The third kappa shape index (κ3) is 1.84. The Balaban J connectivity index is 2.41. The van der Waals surface area contributed by atoms with E-state index in [-0.39, 0.29) is 12.5 Å². The van der Waals surface area contributed by atoms with Gasteiger partial charge in [-0.25, -0.2) is 4.98 Å². The molecular weight excluding hydrogens is 202 g/mol. The van der Waals surface area contributed by atoms with Crippen molar-refractivity contribution in [1.82, 2.24) is 15.0 Å². The maximum absolute atomic E-state index is 9.17. The van der Waals surface area contributed by atoms with Crippen LogP contribution in [0.25, 0.3) is 0 Å². The molecule has 4 heteroatoms. The zero-order valence-electron chi connectivity index (χ0n) is 9.44. The van der Waals surface area contributed by atoms with Crippen LogP contribution < -0.4 is 0 Å².